The molecule has 2 aliphatic heterocycles. The van der Waals surface area contributed by atoms with E-state index in [1.807, 2.05) is 36.4 Å². The van der Waals surface area contributed by atoms with E-state index in [9.17, 15) is 14.3 Å². The van der Waals surface area contributed by atoms with Crippen LogP contribution >= 0.6 is 0 Å². The summed E-state index contributed by atoms with van der Waals surface area (Å²) in [6, 6.07) is 22.9. The first-order valence-electron chi connectivity index (χ1n) is 10.3. The molecule has 0 unspecified atom stereocenters. The summed E-state index contributed by atoms with van der Waals surface area (Å²) in [5, 5.41) is 9.91. The number of aromatic nitrogens is 3. The summed E-state index contributed by atoms with van der Waals surface area (Å²) in [6.45, 7) is 0. The lowest BCUT2D eigenvalue weighted by Crippen LogP contribution is -2.17. The number of halogens is 1. The molecule has 0 radical (unpaired) electrons. The quantitative estimate of drug-likeness (QED) is 0.429. The third-order valence-electron chi connectivity index (χ3n) is 5.41. The monoisotopic (exact) mass is 425 g/mol. The molecule has 0 aliphatic carbocycles. The van der Waals surface area contributed by atoms with Crippen LogP contribution in [0, 0.1) is 5.82 Å². The molecule has 2 aliphatic rings. The Morgan fingerprint density at radius 3 is 2.41 bits per heavy atom. The van der Waals surface area contributed by atoms with E-state index in [1.165, 1.54) is 12.1 Å². The lowest BCUT2D eigenvalue weighted by atomic mass is 10.1. The molecule has 5 rings (SSSR count). The number of rotatable bonds is 5. The zero-order valence-electron chi connectivity index (χ0n) is 17.1. The number of fused-ring (bicyclic) bond motifs is 1. The molecule has 158 valence electrons. The maximum absolute atomic E-state index is 13.3. The van der Waals surface area contributed by atoms with Crippen molar-refractivity contribution < 1.29 is 9.50 Å². The highest BCUT2D eigenvalue weighted by Gasteiger charge is 2.20. The van der Waals surface area contributed by atoms with Crippen molar-refractivity contribution in [1.82, 2.24) is 14.5 Å². The molecule has 0 fully saturated rings. The number of aromatic amines is 1. The van der Waals surface area contributed by atoms with Gasteiger partial charge in [-0.25, -0.2) is 9.37 Å². The summed E-state index contributed by atoms with van der Waals surface area (Å²) in [5.41, 5.74) is 4.32. The van der Waals surface area contributed by atoms with Gasteiger partial charge in [0.05, 0.1) is 11.4 Å². The van der Waals surface area contributed by atoms with Gasteiger partial charge in [-0.2, -0.15) is 0 Å². The molecule has 2 N–H and O–H groups in total. The molecule has 0 saturated carbocycles. The number of phenols is 1. The first kappa shape index (κ1) is 19.8. The first-order chi connectivity index (χ1) is 15.6. The molecule has 0 bridgehead atoms. The fourth-order valence-electron chi connectivity index (χ4n) is 3.83. The Morgan fingerprint density at radius 2 is 1.66 bits per heavy atom. The van der Waals surface area contributed by atoms with Gasteiger partial charge in [-0.15, -0.1) is 0 Å². The second kappa shape index (κ2) is 8.15. The highest BCUT2D eigenvalue weighted by Crippen LogP contribution is 2.25. The van der Waals surface area contributed by atoms with Gasteiger partial charge in [0.15, 0.2) is 5.82 Å². The molecule has 6 heteroatoms. The maximum Gasteiger partial charge on any atom is 0.278 e. The van der Waals surface area contributed by atoms with Crippen molar-refractivity contribution in [2.45, 2.75) is 12.8 Å². The molecule has 3 aromatic rings. The van der Waals surface area contributed by atoms with Crippen LogP contribution < -0.4 is 5.56 Å². The predicted molar refractivity (Wildman–Crippen MR) is 121 cm³/mol. The van der Waals surface area contributed by atoms with Gasteiger partial charge in [-0.1, -0.05) is 54.6 Å². The Morgan fingerprint density at radius 1 is 0.906 bits per heavy atom. The van der Waals surface area contributed by atoms with Gasteiger partial charge in [-0.3, -0.25) is 9.36 Å². The van der Waals surface area contributed by atoms with E-state index in [2.05, 4.69) is 9.97 Å². The number of nitrogens with one attached hydrogen (secondary N) is 1. The predicted octanol–water partition coefficient (Wildman–Crippen LogP) is 4.69. The maximum atomic E-state index is 13.3. The zero-order chi connectivity index (χ0) is 22.1. The topological polar surface area (TPSA) is 70.9 Å². The standard InChI is InChI=1S/C26H20FN3O2/c27-20-11-9-18(10-12-20)14-23-26(32)30-16-24(19-7-4-8-21(31)15-19)28-22(25(30)29-23)13-17-5-2-1-3-6-17/h1-12,15-16,28,31H,13-14H2. The van der Waals surface area contributed by atoms with E-state index < -0.39 is 0 Å². The van der Waals surface area contributed by atoms with Crippen LogP contribution in [0.2, 0.25) is 0 Å². The highest BCUT2D eigenvalue weighted by atomic mass is 19.1. The summed E-state index contributed by atoms with van der Waals surface area (Å²) >= 11 is 0. The van der Waals surface area contributed by atoms with Gasteiger partial charge in [-0.05, 0) is 35.4 Å². The van der Waals surface area contributed by atoms with Crippen LogP contribution in [0.25, 0.3) is 17.1 Å². The van der Waals surface area contributed by atoms with Crippen LogP contribution in [0.4, 0.5) is 4.39 Å². The van der Waals surface area contributed by atoms with E-state index in [0.29, 0.717) is 30.0 Å². The first-order valence-corrected chi connectivity index (χ1v) is 10.3. The fraction of sp³-hybridized carbons (Fsp3) is 0.0769. The number of benzene rings is 3. The molecule has 2 heterocycles. The molecule has 0 saturated heterocycles. The number of H-pyrrole nitrogens is 1. The van der Waals surface area contributed by atoms with Crippen molar-refractivity contribution in [2.75, 3.05) is 0 Å². The average Bonchev–Trinajstić information content (AvgIpc) is 3.12. The summed E-state index contributed by atoms with van der Waals surface area (Å²) < 4.78 is 14.8. The van der Waals surface area contributed by atoms with Crippen molar-refractivity contribution >= 4 is 0 Å². The number of imidazole rings is 1. The summed E-state index contributed by atoms with van der Waals surface area (Å²) in [5.74, 6) is 0.382. The fourth-order valence-corrected chi connectivity index (χ4v) is 3.83. The molecule has 0 atom stereocenters. The second-order valence-electron chi connectivity index (χ2n) is 7.72. The van der Waals surface area contributed by atoms with Crippen molar-refractivity contribution in [3.8, 4) is 22.8 Å². The minimum absolute atomic E-state index is 0.144. The van der Waals surface area contributed by atoms with Crippen LogP contribution in [-0.2, 0) is 12.8 Å². The summed E-state index contributed by atoms with van der Waals surface area (Å²) in [6.07, 6.45) is 2.58. The van der Waals surface area contributed by atoms with Crippen LogP contribution in [0.3, 0.4) is 0 Å². The van der Waals surface area contributed by atoms with Gasteiger partial charge < -0.3 is 10.1 Å². The molecule has 3 aromatic carbocycles. The van der Waals surface area contributed by atoms with Gasteiger partial charge in [0.25, 0.3) is 5.56 Å². The van der Waals surface area contributed by atoms with Crippen LogP contribution in [0.5, 0.6) is 5.75 Å². The smallest absolute Gasteiger partial charge is 0.278 e. The minimum atomic E-state index is -0.318. The van der Waals surface area contributed by atoms with E-state index in [4.69, 9.17) is 0 Å². The van der Waals surface area contributed by atoms with Crippen molar-refractivity contribution in [3.05, 3.63) is 124 Å². The Bertz CT molecular complexity index is 1410. The van der Waals surface area contributed by atoms with E-state index in [0.717, 1.165) is 22.4 Å². The third-order valence-corrected chi connectivity index (χ3v) is 5.41. The van der Waals surface area contributed by atoms with Gasteiger partial charge in [0, 0.05) is 24.6 Å². The Kier molecular flexibility index (Phi) is 5.03. The van der Waals surface area contributed by atoms with E-state index >= 15 is 0 Å². The van der Waals surface area contributed by atoms with Gasteiger partial charge in [0.2, 0.25) is 0 Å². The van der Waals surface area contributed by atoms with Crippen molar-refractivity contribution in [1.29, 1.82) is 0 Å². The van der Waals surface area contributed by atoms with Gasteiger partial charge in [0.1, 0.15) is 17.3 Å². The SMILES string of the molecule is O=c1c(Cc2ccc(F)cc2)nc2c(Cc3ccccc3)[nH]c(-c3cccc(O)c3)cn1-2. The average molecular weight is 425 g/mol. The largest absolute Gasteiger partial charge is 0.508 e. The minimum Gasteiger partial charge on any atom is -0.508 e. The highest BCUT2D eigenvalue weighted by molar-refractivity contribution is 5.62. The lowest BCUT2D eigenvalue weighted by molar-refractivity contribution is 0.475. The second-order valence-corrected chi connectivity index (χ2v) is 7.72. The zero-order valence-corrected chi connectivity index (χ0v) is 17.1. The molecule has 0 spiro atoms. The van der Waals surface area contributed by atoms with Crippen molar-refractivity contribution in [3.63, 3.8) is 0 Å². The summed E-state index contributed by atoms with van der Waals surface area (Å²) in [7, 11) is 0. The van der Waals surface area contributed by atoms with Crippen LogP contribution in [0.1, 0.15) is 22.5 Å². The number of nitrogens with zero attached hydrogens (tertiary/aromatic N) is 2. The molecule has 32 heavy (non-hydrogen) atoms. The number of hydrogen-bond donors (Lipinski definition) is 2. The third kappa shape index (κ3) is 3.90. The van der Waals surface area contributed by atoms with Gasteiger partial charge >= 0.3 is 0 Å². The number of hydrogen-bond acceptors (Lipinski definition) is 3. The lowest BCUT2D eigenvalue weighted by Gasteiger charge is -2.13. The molecule has 0 amide bonds. The molecule has 5 nitrogen and oxygen atoms in total. The normalized spacial score (nSPS) is 11.2. The van der Waals surface area contributed by atoms with Crippen molar-refractivity contribution in [2.24, 2.45) is 0 Å². The molecular formula is C26H20FN3O2. The molecule has 0 aromatic heterocycles. The summed E-state index contributed by atoms with van der Waals surface area (Å²) in [4.78, 5) is 21.3. The number of phenolic OH excluding ortho intramolecular Hbond substituents is 1. The van der Waals surface area contributed by atoms with E-state index in [1.54, 1.807) is 41.1 Å². The van der Waals surface area contributed by atoms with Crippen LogP contribution in [0.15, 0.2) is 89.9 Å². The number of aromatic hydroxyl groups is 1. The van der Waals surface area contributed by atoms with E-state index in [-0.39, 0.29) is 17.1 Å². The Hall–Kier alpha value is -4.19. The Balaban J connectivity index is 1.64. The molecular weight excluding hydrogens is 405 g/mol. The Labute approximate surface area is 183 Å². The van der Waals surface area contributed by atoms with Crippen LogP contribution in [-0.4, -0.2) is 19.6 Å².